The van der Waals surface area contributed by atoms with Gasteiger partial charge < -0.3 is 4.98 Å². The molecule has 4 aromatic carbocycles. The molecule has 0 N–H and O–H groups in total. The summed E-state index contributed by atoms with van der Waals surface area (Å²) in [6.07, 6.45) is 3.98. The SMILES string of the molecule is CC(C)c1ccnc(-c2[c-]cc3sc4cccc(-c5ccccc5)c4c3c2)c1.Cc1cc(-c2[c-]cccc2)nc[c]1[Ge]([CH3])([CH3])[CH3].[Ir]. The Morgan fingerprint density at radius 2 is 1.50 bits per heavy atom. The summed E-state index contributed by atoms with van der Waals surface area (Å²) in [6, 6.07) is 42.7. The Hall–Kier alpha value is -3.41. The molecule has 0 aliphatic rings. The van der Waals surface area contributed by atoms with E-state index >= 15 is 0 Å². The van der Waals surface area contributed by atoms with Gasteiger partial charge in [0.2, 0.25) is 0 Å². The van der Waals surface area contributed by atoms with Crippen LogP contribution in [0.15, 0.2) is 116 Å². The van der Waals surface area contributed by atoms with Crippen LogP contribution in [0.2, 0.25) is 17.3 Å². The zero-order valence-electron chi connectivity index (χ0n) is 27.2. The molecule has 46 heavy (non-hydrogen) atoms. The van der Waals surface area contributed by atoms with Crippen LogP contribution in [0.3, 0.4) is 0 Å². The summed E-state index contributed by atoms with van der Waals surface area (Å²) < 4.78 is 4.07. The van der Waals surface area contributed by atoms with E-state index < -0.39 is 13.3 Å². The minimum absolute atomic E-state index is 0. The normalized spacial score (nSPS) is 11.3. The van der Waals surface area contributed by atoms with Crippen molar-refractivity contribution in [2.75, 3.05) is 0 Å². The van der Waals surface area contributed by atoms with E-state index in [9.17, 15) is 0 Å². The van der Waals surface area contributed by atoms with E-state index in [1.54, 1.807) is 0 Å². The third-order valence-corrected chi connectivity index (χ3v) is 13.8. The standard InChI is InChI=1S/C26H20NS.C15H18GeN.Ir/c1-17(2)19-13-14-27-23(16-19)20-11-12-24-22(15-20)26-21(9-6-10-25(26)28-24)18-7-4-3-5-8-18;1-12-10-15(13-8-6-5-7-9-13)17-11-14(12)16(2,3)4;/h3-10,12-17H,1-2H3;5-8,10-11H,1-4H3;/q2*-1;. The second-order valence-electron chi connectivity index (χ2n) is 12.8. The van der Waals surface area contributed by atoms with Crippen molar-refractivity contribution in [3.05, 3.63) is 139 Å². The van der Waals surface area contributed by atoms with Crippen LogP contribution in [-0.2, 0) is 20.1 Å². The van der Waals surface area contributed by atoms with E-state index in [1.165, 1.54) is 46.8 Å². The molecule has 0 aliphatic heterocycles. The average molecular weight is 856 g/mol. The summed E-state index contributed by atoms with van der Waals surface area (Å²) >= 11 is 0.0582. The minimum Gasteiger partial charge on any atom is 0 e. The first-order chi connectivity index (χ1) is 21.7. The van der Waals surface area contributed by atoms with Crippen LogP contribution in [0, 0.1) is 19.1 Å². The number of thiophene rings is 1. The molecular weight excluding hydrogens is 817 g/mol. The third kappa shape index (κ3) is 7.42. The molecule has 7 rings (SSSR count). The van der Waals surface area contributed by atoms with Gasteiger partial charge in [0.15, 0.2) is 0 Å². The van der Waals surface area contributed by atoms with Crippen molar-refractivity contribution >= 4 is 49.2 Å². The number of aryl methyl sites for hydroxylation is 1. The van der Waals surface area contributed by atoms with Gasteiger partial charge >= 0.3 is 106 Å². The quantitative estimate of drug-likeness (QED) is 0.127. The van der Waals surface area contributed by atoms with Gasteiger partial charge in [0.05, 0.1) is 0 Å². The summed E-state index contributed by atoms with van der Waals surface area (Å²) in [5.41, 5.74) is 9.36. The van der Waals surface area contributed by atoms with Crippen molar-refractivity contribution in [1.82, 2.24) is 9.97 Å². The molecule has 0 unspecified atom stereocenters. The van der Waals surface area contributed by atoms with E-state index in [0.717, 1.165) is 22.5 Å². The Kier molecular flexibility index (Phi) is 10.7. The zero-order chi connectivity index (χ0) is 31.6. The summed E-state index contributed by atoms with van der Waals surface area (Å²) in [6.45, 7) is 6.62. The molecular formula is C41H38GeIrN2S-2. The average Bonchev–Trinajstić information content (AvgIpc) is 3.43. The second kappa shape index (κ2) is 14.6. The van der Waals surface area contributed by atoms with Crippen LogP contribution in [-0.4, -0.2) is 23.2 Å². The van der Waals surface area contributed by atoms with Crippen LogP contribution in [0.4, 0.5) is 0 Å². The fourth-order valence-corrected chi connectivity index (χ4v) is 10.4. The number of pyridine rings is 2. The smallest absolute Gasteiger partial charge is 0 e. The van der Waals surface area contributed by atoms with Crippen LogP contribution in [0.1, 0.15) is 30.9 Å². The van der Waals surface area contributed by atoms with Crippen molar-refractivity contribution in [3.63, 3.8) is 0 Å². The van der Waals surface area contributed by atoms with E-state index in [-0.39, 0.29) is 20.1 Å². The summed E-state index contributed by atoms with van der Waals surface area (Å²) in [7, 11) is 0. The monoisotopic (exact) mass is 857 g/mol. The molecule has 0 fully saturated rings. The largest absolute Gasteiger partial charge is 0 e. The molecule has 3 heterocycles. The van der Waals surface area contributed by atoms with Crippen LogP contribution >= 0.6 is 11.3 Å². The Morgan fingerprint density at radius 3 is 2.20 bits per heavy atom. The molecule has 0 atom stereocenters. The van der Waals surface area contributed by atoms with Crippen molar-refractivity contribution in [2.24, 2.45) is 0 Å². The van der Waals surface area contributed by atoms with Gasteiger partial charge in [-0.15, -0.1) is 23.8 Å². The molecule has 0 spiro atoms. The second-order valence-corrected chi connectivity index (χ2v) is 24.5. The predicted octanol–water partition coefficient (Wildman–Crippen LogP) is 11.1. The molecule has 1 radical (unpaired) electrons. The zero-order valence-corrected chi connectivity index (χ0v) is 32.5. The number of benzene rings is 4. The molecule has 7 aromatic rings. The fraction of sp³-hybridized carbons (Fsp3) is 0.171. The molecule has 5 heteroatoms. The number of fused-ring (bicyclic) bond motifs is 3. The van der Waals surface area contributed by atoms with Crippen molar-refractivity contribution in [1.29, 1.82) is 0 Å². The van der Waals surface area contributed by atoms with Crippen molar-refractivity contribution in [3.8, 4) is 33.6 Å². The maximum absolute atomic E-state index is 4.62. The summed E-state index contributed by atoms with van der Waals surface area (Å²) in [4.78, 5) is 9.21. The van der Waals surface area contributed by atoms with Gasteiger partial charge in [-0.25, -0.2) is 0 Å². The molecule has 0 aliphatic carbocycles. The molecule has 0 amide bonds. The molecule has 2 nitrogen and oxygen atoms in total. The van der Waals surface area contributed by atoms with Gasteiger partial charge in [-0.2, -0.15) is 11.3 Å². The number of aromatic nitrogens is 2. The Labute approximate surface area is 293 Å². The minimum atomic E-state index is -1.77. The maximum Gasteiger partial charge on any atom is 0 e. The van der Waals surface area contributed by atoms with Crippen molar-refractivity contribution < 1.29 is 20.1 Å². The van der Waals surface area contributed by atoms with Gasteiger partial charge in [-0.05, 0) is 45.0 Å². The van der Waals surface area contributed by atoms with E-state index in [0.29, 0.717) is 5.92 Å². The van der Waals surface area contributed by atoms with Gasteiger partial charge in [-0.3, -0.25) is 0 Å². The van der Waals surface area contributed by atoms with Gasteiger partial charge in [0, 0.05) is 31.0 Å². The Balaban J connectivity index is 0.000000200. The van der Waals surface area contributed by atoms with E-state index in [4.69, 9.17) is 0 Å². The van der Waals surface area contributed by atoms with Crippen LogP contribution < -0.4 is 4.40 Å². The number of rotatable bonds is 5. The first-order valence-electron chi connectivity index (χ1n) is 15.5. The topological polar surface area (TPSA) is 25.8 Å². The molecule has 3 aromatic heterocycles. The molecule has 0 saturated heterocycles. The predicted molar refractivity (Wildman–Crippen MR) is 197 cm³/mol. The van der Waals surface area contributed by atoms with Gasteiger partial charge in [0.25, 0.3) is 0 Å². The molecule has 0 bridgehead atoms. The molecule has 0 saturated carbocycles. The van der Waals surface area contributed by atoms with Gasteiger partial charge in [0.1, 0.15) is 0 Å². The van der Waals surface area contributed by atoms with Gasteiger partial charge in [-0.1, -0.05) is 73.3 Å². The first kappa shape index (κ1) is 33.9. The third-order valence-electron chi connectivity index (χ3n) is 8.14. The Morgan fingerprint density at radius 1 is 0.739 bits per heavy atom. The Bertz CT molecular complexity index is 2080. The molecule has 233 valence electrons. The number of hydrogen-bond acceptors (Lipinski definition) is 3. The summed E-state index contributed by atoms with van der Waals surface area (Å²) in [5.74, 6) is 7.69. The van der Waals surface area contributed by atoms with E-state index in [1.807, 2.05) is 35.7 Å². The van der Waals surface area contributed by atoms with Crippen LogP contribution in [0.5, 0.6) is 0 Å². The summed E-state index contributed by atoms with van der Waals surface area (Å²) in [5, 5.41) is 2.61. The maximum atomic E-state index is 4.62. The number of hydrogen-bond donors (Lipinski definition) is 0. The number of nitrogens with zero attached hydrogens (tertiary/aromatic N) is 2. The first-order valence-corrected chi connectivity index (χ1v) is 23.7. The fourth-order valence-electron chi connectivity index (χ4n) is 5.77. The van der Waals surface area contributed by atoms with E-state index in [2.05, 4.69) is 151 Å². The van der Waals surface area contributed by atoms with Crippen molar-refractivity contribution in [2.45, 2.75) is 44.0 Å². The van der Waals surface area contributed by atoms with Crippen LogP contribution in [0.25, 0.3) is 53.8 Å².